The first-order chi connectivity index (χ1) is 19.0. The lowest BCUT2D eigenvalue weighted by atomic mass is 10.1. The van der Waals surface area contributed by atoms with Crippen LogP contribution in [-0.2, 0) is 21.3 Å². The molecule has 0 amide bonds. The van der Waals surface area contributed by atoms with Gasteiger partial charge in [-0.1, -0.05) is 18.2 Å². The molecule has 12 heteroatoms. The Kier molecular flexibility index (Phi) is 6.65. The highest BCUT2D eigenvalue weighted by molar-refractivity contribution is 7.89. The zero-order chi connectivity index (χ0) is 26.8. The average molecular weight is 543 g/mol. The Hall–Kier alpha value is -4.39. The van der Waals surface area contributed by atoms with E-state index in [9.17, 15) is 8.42 Å². The summed E-state index contributed by atoms with van der Waals surface area (Å²) in [6.45, 7) is 3.63. The minimum absolute atomic E-state index is 0.111. The fraction of sp³-hybridized carbons (Fsp3) is 0.185. The van der Waals surface area contributed by atoms with Crippen LogP contribution >= 0.6 is 0 Å². The summed E-state index contributed by atoms with van der Waals surface area (Å²) in [7, 11) is -3.94. The lowest BCUT2D eigenvalue weighted by Crippen LogP contribution is -2.36. The van der Waals surface area contributed by atoms with Gasteiger partial charge in [0, 0.05) is 54.7 Å². The number of anilines is 2. The Bertz CT molecular complexity index is 1720. The fourth-order valence-corrected chi connectivity index (χ4v) is 5.05. The summed E-state index contributed by atoms with van der Waals surface area (Å²) in [4.78, 5) is 15.4. The van der Waals surface area contributed by atoms with E-state index in [1.54, 1.807) is 10.7 Å². The van der Waals surface area contributed by atoms with E-state index in [1.165, 1.54) is 18.5 Å². The number of morpholine rings is 1. The molecule has 1 fully saturated rings. The van der Waals surface area contributed by atoms with Crippen LogP contribution in [0.2, 0.25) is 0 Å². The molecule has 0 saturated carbocycles. The number of benzene rings is 1. The lowest BCUT2D eigenvalue weighted by Gasteiger charge is -2.28. The van der Waals surface area contributed by atoms with E-state index in [2.05, 4.69) is 49.5 Å². The molecule has 11 nitrogen and oxygen atoms in total. The van der Waals surface area contributed by atoms with E-state index >= 15 is 0 Å². The summed E-state index contributed by atoms with van der Waals surface area (Å²) in [6.07, 6.45) is 6.30. The molecule has 0 spiro atoms. The monoisotopic (exact) mass is 542 g/mol. The first kappa shape index (κ1) is 24.9. The van der Waals surface area contributed by atoms with Crippen LogP contribution < -0.4 is 15.4 Å². The van der Waals surface area contributed by atoms with Crippen molar-refractivity contribution < 1.29 is 13.2 Å². The van der Waals surface area contributed by atoms with Crippen molar-refractivity contribution in [2.75, 3.05) is 36.5 Å². The van der Waals surface area contributed by atoms with Crippen molar-refractivity contribution >= 4 is 27.0 Å². The molecule has 198 valence electrons. The molecular formula is C27H26N8O3S. The number of rotatable bonds is 7. The number of primary sulfonamides is 1. The van der Waals surface area contributed by atoms with Gasteiger partial charge in [-0.2, -0.15) is 0 Å². The number of ether oxygens (including phenoxy) is 1. The van der Waals surface area contributed by atoms with Crippen LogP contribution in [0.25, 0.3) is 28.0 Å². The van der Waals surface area contributed by atoms with Crippen LogP contribution in [0.15, 0.2) is 84.3 Å². The maximum Gasteiger partial charge on any atom is 0.239 e. The number of nitrogens with zero attached hydrogens (tertiary/aromatic N) is 6. The van der Waals surface area contributed by atoms with E-state index in [0.717, 1.165) is 54.3 Å². The molecule has 39 heavy (non-hydrogen) atoms. The Balaban J connectivity index is 1.42. The zero-order valence-corrected chi connectivity index (χ0v) is 21.8. The first-order valence-electron chi connectivity index (χ1n) is 12.4. The maximum atomic E-state index is 11.9. The van der Waals surface area contributed by atoms with Gasteiger partial charge < -0.3 is 15.0 Å². The van der Waals surface area contributed by atoms with Gasteiger partial charge in [0.25, 0.3) is 0 Å². The van der Waals surface area contributed by atoms with Gasteiger partial charge in [-0.3, -0.25) is 9.97 Å². The molecular weight excluding hydrogens is 516 g/mol. The smallest absolute Gasteiger partial charge is 0.239 e. The van der Waals surface area contributed by atoms with Crippen LogP contribution in [-0.4, -0.2) is 59.3 Å². The quantitative estimate of drug-likeness (QED) is 0.318. The third-order valence-electron chi connectivity index (χ3n) is 6.53. The number of hydrogen-bond donors (Lipinski definition) is 2. The van der Waals surface area contributed by atoms with E-state index in [0.29, 0.717) is 23.8 Å². The number of nitrogens with one attached hydrogen (secondary N) is 1. The van der Waals surface area contributed by atoms with Crippen molar-refractivity contribution in [3.05, 3.63) is 85.1 Å². The van der Waals surface area contributed by atoms with Gasteiger partial charge >= 0.3 is 0 Å². The minimum Gasteiger partial charge on any atom is -0.378 e. The summed E-state index contributed by atoms with van der Waals surface area (Å²) >= 11 is 0. The largest absolute Gasteiger partial charge is 0.378 e. The number of sulfonamides is 1. The van der Waals surface area contributed by atoms with Crippen molar-refractivity contribution in [3.63, 3.8) is 0 Å². The summed E-state index contributed by atoms with van der Waals surface area (Å²) in [5.41, 5.74) is 5.18. The standard InChI is InChI=1S/C27H26N8O3S/c28-39(36,37)23-15-20(16-29-18-23)26-32-27(31-17-21-3-1-2-9-30-21)25-24(8-10-35(25)33-26)19-4-6-22(7-5-19)34-11-13-38-14-12-34/h1-10,15-16,18H,11-14,17H2,(H2,28,36,37)(H,31,32,33). The first-order valence-corrected chi connectivity index (χ1v) is 13.9. The highest BCUT2D eigenvalue weighted by atomic mass is 32.2. The highest BCUT2D eigenvalue weighted by Crippen LogP contribution is 2.32. The van der Waals surface area contributed by atoms with E-state index in [-0.39, 0.29) is 4.90 Å². The van der Waals surface area contributed by atoms with E-state index in [1.807, 2.05) is 30.5 Å². The molecule has 0 unspecified atom stereocenters. The van der Waals surface area contributed by atoms with Crippen molar-refractivity contribution in [2.24, 2.45) is 5.14 Å². The number of fused-ring (bicyclic) bond motifs is 1. The molecule has 1 saturated heterocycles. The summed E-state index contributed by atoms with van der Waals surface area (Å²) in [5.74, 6) is 0.873. The molecule has 6 rings (SSSR count). The van der Waals surface area contributed by atoms with Crippen LogP contribution in [0.1, 0.15) is 5.69 Å². The SMILES string of the molecule is NS(=O)(=O)c1cncc(-c2nc(NCc3ccccn3)c3c(-c4ccc(N5CCOCC5)cc4)ccn3n2)c1. The number of hydrogen-bond acceptors (Lipinski definition) is 9. The summed E-state index contributed by atoms with van der Waals surface area (Å²) in [5, 5.41) is 13.4. The maximum absolute atomic E-state index is 11.9. The molecule has 0 radical (unpaired) electrons. The second-order valence-corrected chi connectivity index (χ2v) is 10.6. The Morgan fingerprint density at radius 2 is 1.82 bits per heavy atom. The molecule has 0 atom stereocenters. The average Bonchev–Trinajstić information content (AvgIpc) is 3.41. The Morgan fingerprint density at radius 1 is 1.00 bits per heavy atom. The molecule has 1 aromatic carbocycles. The minimum atomic E-state index is -3.94. The molecule has 0 aliphatic carbocycles. The van der Waals surface area contributed by atoms with Crippen molar-refractivity contribution in [1.29, 1.82) is 0 Å². The van der Waals surface area contributed by atoms with Crippen molar-refractivity contribution in [3.8, 4) is 22.5 Å². The fourth-order valence-electron chi connectivity index (χ4n) is 4.55. The normalized spacial score (nSPS) is 14.0. The third-order valence-corrected chi connectivity index (χ3v) is 7.41. The predicted molar refractivity (Wildman–Crippen MR) is 148 cm³/mol. The van der Waals surface area contributed by atoms with Gasteiger partial charge in [0.2, 0.25) is 10.0 Å². The van der Waals surface area contributed by atoms with Crippen LogP contribution in [0.3, 0.4) is 0 Å². The van der Waals surface area contributed by atoms with Crippen molar-refractivity contribution in [2.45, 2.75) is 11.4 Å². The van der Waals surface area contributed by atoms with E-state index in [4.69, 9.17) is 14.9 Å². The molecule has 0 bridgehead atoms. The van der Waals surface area contributed by atoms with Gasteiger partial charge in [0.15, 0.2) is 11.6 Å². The Morgan fingerprint density at radius 3 is 2.56 bits per heavy atom. The number of nitrogens with two attached hydrogens (primary N) is 1. The van der Waals surface area contributed by atoms with Crippen LogP contribution in [0.4, 0.5) is 11.5 Å². The second-order valence-electron chi connectivity index (χ2n) is 9.08. The van der Waals surface area contributed by atoms with Gasteiger partial charge in [-0.25, -0.2) is 23.1 Å². The Labute approximate surface area is 225 Å². The molecule has 5 aromatic rings. The predicted octanol–water partition coefficient (Wildman–Crippen LogP) is 2.95. The van der Waals surface area contributed by atoms with Gasteiger partial charge in [0.1, 0.15) is 10.4 Å². The summed E-state index contributed by atoms with van der Waals surface area (Å²) < 4.78 is 31.0. The molecule has 1 aliphatic heterocycles. The van der Waals surface area contributed by atoms with Crippen LogP contribution in [0.5, 0.6) is 0 Å². The van der Waals surface area contributed by atoms with Crippen LogP contribution in [0, 0.1) is 0 Å². The second kappa shape index (κ2) is 10.4. The zero-order valence-electron chi connectivity index (χ0n) is 20.9. The van der Waals surface area contributed by atoms with Gasteiger partial charge in [0.05, 0.1) is 25.5 Å². The topological polar surface area (TPSA) is 141 Å². The third kappa shape index (κ3) is 5.30. The van der Waals surface area contributed by atoms with Crippen molar-refractivity contribution in [1.82, 2.24) is 24.6 Å². The molecule has 4 aromatic heterocycles. The van der Waals surface area contributed by atoms with Gasteiger partial charge in [-0.05, 0) is 42.0 Å². The number of aromatic nitrogens is 5. The molecule has 5 heterocycles. The lowest BCUT2D eigenvalue weighted by molar-refractivity contribution is 0.122. The summed E-state index contributed by atoms with van der Waals surface area (Å²) in [6, 6.07) is 17.5. The highest BCUT2D eigenvalue weighted by Gasteiger charge is 2.18. The number of pyridine rings is 2. The molecule has 3 N–H and O–H groups in total. The van der Waals surface area contributed by atoms with E-state index < -0.39 is 10.0 Å². The van der Waals surface area contributed by atoms with Gasteiger partial charge in [-0.15, -0.1) is 5.10 Å². The molecule has 1 aliphatic rings.